The largest absolute Gasteiger partial charge is 0.466 e. The third kappa shape index (κ3) is 3.64. The first kappa shape index (κ1) is 18.2. The van der Waals surface area contributed by atoms with Gasteiger partial charge in [-0.1, -0.05) is 18.2 Å². The van der Waals surface area contributed by atoms with Gasteiger partial charge < -0.3 is 14.2 Å². The second kappa shape index (κ2) is 7.72. The van der Waals surface area contributed by atoms with Crippen LogP contribution in [0, 0.1) is 12.8 Å². The molecule has 0 unspecified atom stereocenters. The number of rotatable bonds is 4. The van der Waals surface area contributed by atoms with Crippen LogP contribution in [0.15, 0.2) is 35.1 Å². The zero-order chi connectivity index (χ0) is 18.7. The number of nitrogens with zero attached hydrogens (tertiary/aromatic N) is 2. The Bertz CT molecular complexity index is 879. The van der Waals surface area contributed by atoms with E-state index >= 15 is 0 Å². The number of esters is 1. The molecule has 26 heavy (non-hydrogen) atoms. The number of aryl methyl sites for hydroxylation is 1. The van der Waals surface area contributed by atoms with E-state index in [0.717, 1.165) is 11.1 Å². The van der Waals surface area contributed by atoms with Crippen molar-refractivity contribution in [3.63, 3.8) is 0 Å². The van der Waals surface area contributed by atoms with E-state index in [4.69, 9.17) is 4.74 Å². The standard InChI is InChI=1S/C20H24N2O4/c1-3-26-20(25)15-8-10-21(11-9-15)18(23)13-22-14(2)12-16-6-4-5-7-17(16)19(22)24/h4-7,12,15H,3,8-11,13H2,1-2H3. The lowest BCUT2D eigenvalue weighted by molar-refractivity contribution is -0.151. The normalized spacial score (nSPS) is 15.2. The molecule has 2 heterocycles. The summed E-state index contributed by atoms with van der Waals surface area (Å²) in [6.07, 6.45) is 1.21. The van der Waals surface area contributed by atoms with E-state index in [1.54, 1.807) is 17.9 Å². The first-order chi connectivity index (χ1) is 12.5. The van der Waals surface area contributed by atoms with Gasteiger partial charge in [-0.25, -0.2) is 0 Å². The van der Waals surface area contributed by atoms with Gasteiger partial charge in [0, 0.05) is 24.2 Å². The van der Waals surface area contributed by atoms with Gasteiger partial charge in [-0.05, 0) is 44.2 Å². The van der Waals surface area contributed by atoms with Crippen LogP contribution in [0.25, 0.3) is 10.8 Å². The second-order valence-electron chi connectivity index (χ2n) is 6.67. The fraction of sp³-hybridized carbons (Fsp3) is 0.450. The number of pyridine rings is 1. The molecule has 6 heteroatoms. The zero-order valence-corrected chi connectivity index (χ0v) is 15.2. The SMILES string of the molecule is CCOC(=O)C1CCN(C(=O)Cn2c(C)cc3ccccc3c2=O)CC1. The highest BCUT2D eigenvalue weighted by molar-refractivity contribution is 5.83. The van der Waals surface area contributed by atoms with Gasteiger partial charge in [0.1, 0.15) is 6.54 Å². The van der Waals surface area contributed by atoms with Gasteiger partial charge in [-0.2, -0.15) is 0 Å². The molecular formula is C20H24N2O4. The monoisotopic (exact) mass is 356 g/mol. The second-order valence-corrected chi connectivity index (χ2v) is 6.67. The molecule has 1 fully saturated rings. The Morgan fingerprint density at radius 3 is 2.58 bits per heavy atom. The van der Waals surface area contributed by atoms with Crippen molar-refractivity contribution < 1.29 is 14.3 Å². The van der Waals surface area contributed by atoms with Crippen LogP contribution >= 0.6 is 0 Å². The summed E-state index contributed by atoms with van der Waals surface area (Å²) in [6.45, 7) is 5.07. The molecule has 1 amide bonds. The molecule has 6 nitrogen and oxygen atoms in total. The summed E-state index contributed by atoms with van der Waals surface area (Å²) in [5.74, 6) is -0.405. The maximum absolute atomic E-state index is 12.7. The average Bonchev–Trinajstić information content (AvgIpc) is 2.65. The lowest BCUT2D eigenvalue weighted by Gasteiger charge is -2.31. The Morgan fingerprint density at radius 2 is 1.88 bits per heavy atom. The average molecular weight is 356 g/mol. The minimum atomic E-state index is -0.179. The van der Waals surface area contributed by atoms with E-state index in [1.807, 2.05) is 31.2 Å². The maximum Gasteiger partial charge on any atom is 0.309 e. The summed E-state index contributed by atoms with van der Waals surface area (Å²) >= 11 is 0. The highest BCUT2D eigenvalue weighted by Crippen LogP contribution is 2.19. The van der Waals surface area contributed by atoms with Crippen LogP contribution in [0.2, 0.25) is 0 Å². The minimum Gasteiger partial charge on any atom is -0.466 e. The zero-order valence-electron chi connectivity index (χ0n) is 15.2. The van der Waals surface area contributed by atoms with E-state index in [0.29, 0.717) is 37.9 Å². The van der Waals surface area contributed by atoms with Gasteiger partial charge in [0.05, 0.1) is 12.5 Å². The topological polar surface area (TPSA) is 68.6 Å². The lowest BCUT2D eigenvalue weighted by atomic mass is 9.97. The van der Waals surface area contributed by atoms with E-state index in [-0.39, 0.29) is 29.9 Å². The van der Waals surface area contributed by atoms with Crippen molar-refractivity contribution in [3.05, 3.63) is 46.4 Å². The number of piperidine rings is 1. The number of hydrogen-bond acceptors (Lipinski definition) is 4. The molecule has 1 aromatic heterocycles. The molecule has 0 bridgehead atoms. The van der Waals surface area contributed by atoms with E-state index in [9.17, 15) is 14.4 Å². The molecule has 0 saturated carbocycles. The molecule has 2 aromatic rings. The Balaban J connectivity index is 1.71. The molecule has 0 N–H and O–H groups in total. The summed E-state index contributed by atoms with van der Waals surface area (Å²) in [5, 5.41) is 1.50. The quantitative estimate of drug-likeness (QED) is 0.787. The van der Waals surface area contributed by atoms with E-state index < -0.39 is 0 Å². The molecule has 0 aliphatic carbocycles. The lowest BCUT2D eigenvalue weighted by Crippen LogP contribution is -2.43. The van der Waals surface area contributed by atoms with Crippen LogP contribution < -0.4 is 5.56 Å². The van der Waals surface area contributed by atoms with Crippen LogP contribution in [-0.4, -0.2) is 41.0 Å². The van der Waals surface area contributed by atoms with Gasteiger partial charge >= 0.3 is 5.97 Å². The number of ether oxygens (including phenoxy) is 1. The van der Waals surface area contributed by atoms with Crippen LogP contribution in [0.5, 0.6) is 0 Å². The summed E-state index contributed by atoms with van der Waals surface area (Å²) in [4.78, 5) is 38.9. The van der Waals surface area contributed by atoms with Crippen molar-refractivity contribution in [1.82, 2.24) is 9.47 Å². The van der Waals surface area contributed by atoms with Gasteiger partial charge in [-0.15, -0.1) is 0 Å². The highest BCUT2D eigenvalue weighted by atomic mass is 16.5. The van der Waals surface area contributed by atoms with Crippen molar-refractivity contribution in [2.45, 2.75) is 33.2 Å². The number of fused-ring (bicyclic) bond motifs is 1. The van der Waals surface area contributed by atoms with Crippen LogP contribution in [0.3, 0.4) is 0 Å². The molecular weight excluding hydrogens is 332 g/mol. The molecule has 1 aliphatic rings. The molecule has 1 aromatic carbocycles. The predicted octanol–water partition coefficient (Wildman–Crippen LogP) is 2.11. The van der Waals surface area contributed by atoms with E-state index in [1.165, 1.54) is 4.57 Å². The number of aromatic nitrogens is 1. The van der Waals surface area contributed by atoms with Crippen molar-refractivity contribution in [2.75, 3.05) is 19.7 Å². The fourth-order valence-corrected chi connectivity index (χ4v) is 3.48. The third-order valence-corrected chi connectivity index (χ3v) is 4.99. The fourth-order valence-electron chi connectivity index (χ4n) is 3.48. The number of hydrogen-bond donors (Lipinski definition) is 0. The Hall–Kier alpha value is -2.63. The highest BCUT2D eigenvalue weighted by Gasteiger charge is 2.28. The molecule has 3 rings (SSSR count). The van der Waals surface area contributed by atoms with Gasteiger partial charge in [0.25, 0.3) is 5.56 Å². The summed E-state index contributed by atoms with van der Waals surface area (Å²) in [7, 11) is 0. The molecule has 0 spiro atoms. The van der Waals surface area contributed by atoms with Crippen molar-refractivity contribution in [1.29, 1.82) is 0 Å². The van der Waals surface area contributed by atoms with Crippen LogP contribution in [0.4, 0.5) is 0 Å². The van der Waals surface area contributed by atoms with Gasteiger partial charge in [0.15, 0.2) is 0 Å². The van der Waals surface area contributed by atoms with Crippen molar-refractivity contribution in [3.8, 4) is 0 Å². The van der Waals surface area contributed by atoms with Crippen LogP contribution in [0.1, 0.15) is 25.5 Å². The number of carbonyl (C=O) groups is 2. The number of carbonyl (C=O) groups excluding carboxylic acids is 2. The smallest absolute Gasteiger partial charge is 0.309 e. The minimum absolute atomic E-state index is 0.0274. The molecule has 0 radical (unpaired) electrons. The van der Waals surface area contributed by atoms with Crippen molar-refractivity contribution in [2.24, 2.45) is 5.92 Å². The Labute approximate surface area is 152 Å². The summed E-state index contributed by atoms with van der Waals surface area (Å²) in [5.41, 5.74) is 0.624. The Morgan fingerprint density at radius 1 is 1.19 bits per heavy atom. The van der Waals surface area contributed by atoms with Gasteiger partial charge in [0.2, 0.25) is 5.91 Å². The maximum atomic E-state index is 12.7. The first-order valence-electron chi connectivity index (χ1n) is 9.05. The molecule has 1 aliphatic heterocycles. The third-order valence-electron chi connectivity index (χ3n) is 4.99. The molecule has 0 atom stereocenters. The van der Waals surface area contributed by atoms with E-state index in [2.05, 4.69) is 0 Å². The number of likely N-dealkylation sites (tertiary alicyclic amines) is 1. The predicted molar refractivity (Wildman–Crippen MR) is 98.9 cm³/mol. The number of benzene rings is 1. The first-order valence-corrected chi connectivity index (χ1v) is 9.05. The van der Waals surface area contributed by atoms with Gasteiger partial charge in [-0.3, -0.25) is 14.4 Å². The summed E-state index contributed by atoms with van der Waals surface area (Å²) in [6, 6.07) is 9.33. The summed E-state index contributed by atoms with van der Waals surface area (Å²) < 4.78 is 6.59. The molecule has 138 valence electrons. The van der Waals surface area contributed by atoms with Crippen LogP contribution in [-0.2, 0) is 20.9 Å². The van der Waals surface area contributed by atoms with Crippen molar-refractivity contribution >= 4 is 22.6 Å². The Kier molecular flexibility index (Phi) is 5.40. The molecule has 1 saturated heterocycles. The number of amides is 1.